The fourth-order valence-corrected chi connectivity index (χ4v) is 3.48. The van der Waals surface area contributed by atoms with Crippen molar-refractivity contribution in [1.82, 2.24) is 0 Å². The fraction of sp³-hybridized carbons (Fsp3) is 0.562. The van der Waals surface area contributed by atoms with Gasteiger partial charge in [-0.05, 0) is 30.6 Å². The normalized spacial score (nSPS) is 20.2. The molecule has 3 nitrogen and oxygen atoms in total. The molecule has 1 aliphatic heterocycles. The molecule has 0 amide bonds. The number of carbonyl (C=O) groups is 1. The van der Waals surface area contributed by atoms with E-state index in [4.69, 9.17) is 9.47 Å². The molecule has 0 spiro atoms. The van der Waals surface area contributed by atoms with Crippen LogP contribution in [0.1, 0.15) is 37.7 Å². The highest BCUT2D eigenvalue weighted by atomic mass is 32.2. The van der Waals surface area contributed by atoms with Crippen molar-refractivity contribution in [3.63, 3.8) is 0 Å². The maximum absolute atomic E-state index is 10.8. The molecule has 0 aromatic heterocycles. The highest BCUT2D eigenvalue weighted by Gasteiger charge is 2.21. The number of ether oxygens (including phenoxy) is 2. The SMILES string of the molecule is COc1cccc(C(C)CC=O)c1OC1CCCSC1. The predicted molar refractivity (Wildman–Crippen MR) is 83.1 cm³/mol. The summed E-state index contributed by atoms with van der Waals surface area (Å²) in [5.74, 6) is 3.97. The quantitative estimate of drug-likeness (QED) is 0.750. The topological polar surface area (TPSA) is 35.5 Å². The van der Waals surface area contributed by atoms with Crippen LogP contribution in [-0.4, -0.2) is 31.0 Å². The van der Waals surface area contributed by atoms with E-state index in [-0.39, 0.29) is 12.0 Å². The Morgan fingerprint density at radius 3 is 3.00 bits per heavy atom. The van der Waals surface area contributed by atoms with Gasteiger partial charge in [-0.25, -0.2) is 0 Å². The fourth-order valence-electron chi connectivity index (χ4n) is 2.45. The smallest absolute Gasteiger partial charge is 0.165 e. The largest absolute Gasteiger partial charge is 0.493 e. The average molecular weight is 294 g/mol. The van der Waals surface area contributed by atoms with Gasteiger partial charge in [0.2, 0.25) is 0 Å². The van der Waals surface area contributed by atoms with E-state index < -0.39 is 0 Å². The Bertz CT molecular complexity index is 441. The number of methoxy groups -OCH3 is 1. The molecule has 0 radical (unpaired) electrons. The summed E-state index contributed by atoms with van der Waals surface area (Å²) in [4.78, 5) is 10.8. The standard InChI is InChI=1S/C16H22O3S/c1-12(8-9-17)14-6-3-7-15(18-2)16(14)19-13-5-4-10-20-11-13/h3,6-7,9,12-13H,4-5,8,10-11H2,1-2H3. The van der Waals surface area contributed by atoms with Crippen LogP contribution in [0.3, 0.4) is 0 Å². The van der Waals surface area contributed by atoms with Crippen LogP contribution in [0.25, 0.3) is 0 Å². The van der Waals surface area contributed by atoms with Crippen molar-refractivity contribution in [3.8, 4) is 11.5 Å². The molecule has 4 heteroatoms. The van der Waals surface area contributed by atoms with E-state index in [0.717, 1.165) is 35.5 Å². The first kappa shape index (κ1) is 15.2. The van der Waals surface area contributed by atoms with E-state index in [1.165, 1.54) is 12.2 Å². The number of rotatable bonds is 6. The second-order valence-corrected chi connectivity index (χ2v) is 6.29. The van der Waals surface area contributed by atoms with Crippen LogP contribution in [0.2, 0.25) is 0 Å². The Hall–Kier alpha value is -1.16. The number of thioether (sulfide) groups is 1. The Labute approximate surface area is 125 Å². The molecule has 1 heterocycles. The zero-order valence-electron chi connectivity index (χ0n) is 12.1. The molecular formula is C16H22O3S. The van der Waals surface area contributed by atoms with Gasteiger partial charge in [0.15, 0.2) is 11.5 Å². The van der Waals surface area contributed by atoms with Gasteiger partial charge in [0.05, 0.1) is 7.11 Å². The van der Waals surface area contributed by atoms with E-state index in [1.54, 1.807) is 7.11 Å². The lowest BCUT2D eigenvalue weighted by molar-refractivity contribution is -0.108. The minimum atomic E-state index is 0.147. The lowest BCUT2D eigenvalue weighted by atomic mass is 9.97. The molecule has 0 N–H and O–H groups in total. The van der Waals surface area contributed by atoms with Crippen LogP contribution >= 0.6 is 11.8 Å². The minimum absolute atomic E-state index is 0.147. The molecule has 0 bridgehead atoms. The number of para-hydroxylation sites is 1. The number of carbonyl (C=O) groups excluding carboxylic acids is 1. The average Bonchev–Trinajstić information content (AvgIpc) is 2.48. The molecule has 0 saturated carbocycles. The van der Waals surface area contributed by atoms with Gasteiger partial charge >= 0.3 is 0 Å². The zero-order chi connectivity index (χ0) is 14.4. The van der Waals surface area contributed by atoms with E-state index in [2.05, 4.69) is 0 Å². The van der Waals surface area contributed by atoms with Crippen LogP contribution in [0.4, 0.5) is 0 Å². The van der Waals surface area contributed by atoms with E-state index in [9.17, 15) is 4.79 Å². The van der Waals surface area contributed by atoms with Crippen molar-refractivity contribution in [1.29, 1.82) is 0 Å². The third-order valence-corrected chi connectivity index (χ3v) is 4.80. The molecule has 1 aliphatic rings. The van der Waals surface area contributed by atoms with Gasteiger partial charge in [0, 0.05) is 17.7 Å². The molecule has 20 heavy (non-hydrogen) atoms. The van der Waals surface area contributed by atoms with Crippen molar-refractivity contribution >= 4 is 18.0 Å². The Morgan fingerprint density at radius 1 is 1.50 bits per heavy atom. The maximum Gasteiger partial charge on any atom is 0.165 e. The van der Waals surface area contributed by atoms with E-state index in [0.29, 0.717) is 6.42 Å². The van der Waals surface area contributed by atoms with Crippen LogP contribution in [-0.2, 0) is 4.79 Å². The number of hydrogen-bond donors (Lipinski definition) is 0. The number of hydrogen-bond acceptors (Lipinski definition) is 4. The molecule has 1 aromatic carbocycles. The van der Waals surface area contributed by atoms with Gasteiger partial charge in [-0.2, -0.15) is 11.8 Å². The molecule has 2 rings (SSSR count). The lowest BCUT2D eigenvalue weighted by Crippen LogP contribution is -2.24. The van der Waals surface area contributed by atoms with Crippen molar-refractivity contribution in [2.45, 2.75) is 38.2 Å². The van der Waals surface area contributed by atoms with Crippen molar-refractivity contribution in [3.05, 3.63) is 23.8 Å². The maximum atomic E-state index is 10.8. The predicted octanol–water partition coefficient (Wildman–Crippen LogP) is 3.66. The second-order valence-electron chi connectivity index (χ2n) is 5.14. The summed E-state index contributed by atoms with van der Waals surface area (Å²) in [5.41, 5.74) is 1.06. The molecule has 1 aromatic rings. The third kappa shape index (κ3) is 3.69. The first-order chi connectivity index (χ1) is 9.76. The third-order valence-electron chi connectivity index (χ3n) is 3.61. The Morgan fingerprint density at radius 2 is 2.35 bits per heavy atom. The van der Waals surface area contributed by atoms with Crippen LogP contribution < -0.4 is 9.47 Å². The highest BCUT2D eigenvalue weighted by molar-refractivity contribution is 7.99. The molecular weight excluding hydrogens is 272 g/mol. The molecule has 1 fully saturated rings. The molecule has 110 valence electrons. The zero-order valence-corrected chi connectivity index (χ0v) is 12.9. The minimum Gasteiger partial charge on any atom is -0.493 e. The van der Waals surface area contributed by atoms with Gasteiger partial charge in [-0.3, -0.25) is 0 Å². The highest BCUT2D eigenvalue weighted by Crippen LogP contribution is 2.38. The van der Waals surface area contributed by atoms with Gasteiger partial charge < -0.3 is 14.3 Å². The number of benzene rings is 1. The summed E-state index contributed by atoms with van der Waals surface area (Å²) in [7, 11) is 1.66. The molecule has 2 atom stereocenters. The summed E-state index contributed by atoms with van der Waals surface area (Å²) in [5, 5.41) is 0. The van der Waals surface area contributed by atoms with Crippen molar-refractivity contribution in [2.24, 2.45) is 0 Å². The van der Waals surface area contributed by atoms with Crippen molar-refractivity contribution in [2.75, 3.05) is 18.6 Å². The van der Waals surface area contributed by atoms with Gasteiger partial charge in [-0.15, -0.1) is 0 Å². The van der Waals surface area contributed by atoms with Gasteiger partial charge in [-0.1, -0.05) is 19.1 Å². The van der Waals surface area contributed by atoms with Gasteiger partial charge in [0.25, 0.3) is 0 Å². The second kappa shape index (κ2) is 7.58. The molecule has 0 aliphatic carbocycles. The van der Waals surface area contributed by atoms with Gasteiger partial charge in [0.1, 0.15) is 12.4 Å². The summed E-state index contributed by atoms with van der Waals surface area (Å²) in [6, 6.07) is 5.91. The summed E-state index contributed by atoms with van der Waals surface area (Å²) in [6.07, 6.45) is 4.00. The monoisotopic (exact) mass is 294 g/mol. The summed E-state index contributed by atoms with van der Waals surface area (Å²) < 4.78 is 11.6. The molecule has 2 unspecified atom stereocenters. The number of aldehydes is 1. The lowest BCUT2D eigenvalue weighted by Gasteiger charge is -2.26. The Kier molecular flexibility index (Phi) is 5.77. The van der Waals surface area contributed by atoms with E-state index >= 15 is 0 Å². The van der Waals surface area contributed by atoms with Crippen LogP contribution in [0.5, 0.6) is 11.5 Å². The Balaban J connectivity index is 2.24. The first-order valence-corrected chi connectivity index (χ1v) is 8.26. The summed E-state index contributed by atoms with van der Waals surface area (Å²) in [6.45, 7) is 2.05. The van der Waals surface area contributed by atoms with Crippen LogP contribution in [0.15, 0.2) is 18.2 Å². The van der Waals surface area contributed by atoms with Crippen molar-refractivity contribution < 1.29 is 14.3 Å². The first-order valence-electron chi connectivity index (χ1n) is 7.11. The molecule has 1 saturated heterocycles. The van der Waals surface area contributed by atoms with Crippen LogP contribution in [0, 0.1) is 0 Å². The summed E-state index contributed by atoms with van der Waals surface area (Å²) >= 11 is 1.94. The van der Waals surface area contributed by atoms with E-state index in [1.807, 2.05) is 36.9 Å².